The highest BCUT2D eigenvalue weighted by Gasteiger charge is 2.40. The highest BCUT2D eigenvalue weighted by Crippen LogP contribution is 2.36. The number of nitrogens with zero attached hydrogens (tertiary/aromatic N) is 1. The SMILES string of the molecule is CCC(CC)CC(c1ccccc1)N1C(=O)c2ccccc2C1=O. The summed E-state index contributed by atoms with van der Waals surface area (Å²) in [5.74, 6) is 0.144. The molecule has 3 rings (SSSR count). The van der Waals surface area contributed by atoms with Crippen LogP contribution in [0.25, 0.3) is 0 Å². The van der Waals surface area contributed by atoms with Crippen LogP contribution in [0, 0.1) is 5.92 Å². The van der Waals surface area contributed by atoms with Gasteiger partial charge in [-0.1, -0.05) is 69.2 Å². The van der Waals surface area contributed by atoms with Gasteiger partial charge in [-0.15, -0.1) is 0 Å². The van der Waals surface area contributed by atoms with E-state index >= 15 is 0 Å². The van der Waals surface area contributed by atoms with Gasteiger partial charge < -0.3 is 0 Å². The molecule has 0 radical (unpaired) electrons. The van der Waals surface area contributed by atoms with E-state index in [9.17, 15) is 9.59 Å². The van der Waals surface area contributed by atoms with Crippen LogP contribution in [-0.2, 0) is 0 Å². The Morgan fingerprint density at radius 2 is 1.29 bits per heavy atom. The highest BCUT2D eigenvalue weighted by molar-refractivity contribution is 6.21. The van der Waals surface area contributed by atoms with E-state index in [4.69, 9.17) is 0 Å². The summed E-state index contributed by atoms with van der Waals surface area (Å²) in [6.07, 6.45) is 2.90. The molecule has 3 heteroatoms. The van der Waals surface area contributed by atoms with Crippen molar-refractivity contribution in [3.8, 4) is 0 Å². The number of imide groups is 1. The molecule has 0 aliphatic carbocycles. The molecule has 124 valence electrons. The van der Waals surface area contributed by atoms with E-state index in [2.05, 4.69) is 13.8 Å². The molecule has 0 aromatic heterocycles. The minimum absolute atomic E-state index is 0.171. The summed E-state index contributed by atoms with van der Waals surface area (Å²) in [5.41, 5.74) is 2.07. The zero-order valence-electron chi connectivity index (χ0n) is 14.2. The van der Waals surface area contributed by atoms with Crippen LogP contribution in [0.2, 0.25) is 0 Å². The Bertz CT molecular complexity index is 700. The number of rotatable bonds is 6. The van der Waals surface area contributed by atoms with Gasteiger partial charge in [0.1, 0.15) is 0 Å². The molecule has 0 spiro atoms. The van der Waals surface area contributed by atoms with Crippen molar-refractivity contribution in [2.75, 3.05) is 0 Å². The summed E-state index contributed by atoms with van der Waals surface area (Å²) in [5, 5.41) is 0. The lowest BCUT2D eigenvalue weighted by atomic mass is 9.90. The number of hydrogen-bond donors (Lipinski definition) is 0. The van der Waals surface area contributed by atoms with Crippen LogP contribution in [0.3, 0.4) is 0 Å². The minimum Gasteiger partial charge on any atom is -0.269 e. The monoisotopic (exact) mass is 321 g/mol. The Morgan fingerprint density at radius 1 is 0.792 bits per heavy atom. The van der Waals surface area contributed by atoms with Gasteiger partial charge in [-0.2, -0.15) is 0 Å². The summed E-state index contributed by atoms with van der Waals surface area (Å²) in [6.45, 7) is 4.33. The van der Waals surface area contributed by atoms with E-state index < -0.39 is 0 Å². The first-order valence-corrected chi connectivity index (χ1v) is 8.69. The molecule has 0 saturated carbocycles. The van der Waals surface area contributed by atoms with Crippen LogP contribution in [-0.4, -0.2) is 16.7 Å². The lowest BCUT2D eigenvalue weighted by molar-refractivity contribution is 0.0557. The zero-order valence-corrected chi connectivity index (χ0v) is 14.2. The Kier molecular flexibility index (Phi) is 4.79. The van der Waals surface area contributed by atoms with Crippen molar-refractivity contribution in [2.24, 2.45) is 5.92 Å². The second-order valence-corrected chi connectivity index (χ2v) is 6.37. The topological polar surface area (TPSA) is 37.4 Å². The van der Waals surface area contributed by atoms with Crippen LogP contribution in [0.5, 0.6) is 0 Å². The van der Waals surface area contributed by atoms with Gasteiger partial charge in [0.2, 0.25) is 0 Å². The predicted molar refractivity (Wildman–Crippen MR) is 94.8 cm³/mol. The summed E-state index contributed by atoms with van der Waals surface area (Å²) < 4.78 is 0. The van der Waals surface area contributed by atoms with Crippen LogP contribution >= 0.6 is 0 Å². The molecule has 1 heterocycles. The average molecular weight is 321 g/mol. The van der Waals surface area contributed by atoms with Gasteiger partial charge in [-0.25, -0.2) is 0 Å². The molecule has 0 N–H and O–H groups in total. The largest absolute Gasteiger partial charge is 0.269 e. The fourth-order valence-electron chi connectivity index (χ4n) is 3.49. The molecular formula is C21H23NO2. The summed E-state index contributed by atoms with van der Waals surface area (Å²) in [4.78, 5) is 27.2. The molecule has 1 unspecified atom stereocenters. The van der Waals surface area contributed by atoms with Crippen LogP contribution < -0.4 is 0 Å². The van der Waals surface area contributed by atoms with Gasteiger partial charge >= 0.3 is 0 Å². The van der Waals surface area contributed by atoms with Gasteiger partial charge in [0.05, 0.1) is 17.2 Å². The first kappa shape index (κ1) is 16.4. The van der Waals surface area contributed by atoms with Crippen molar-refractivity contribution in [3.05, 3.63) is 71.3 Å². The van der Waals surface area contributed by atoms with E-state index in [1.165, 1.54) is 4.90 Å². The molecule has 1 aliphatic heterocycles. The average Bonchev–Trinajstić information content (AvgIpc) is 2.89. The Morgan fingerprint density at radius 3 is 1.79 bits per heavy atom. The molecule has 0 bridgehead atoms. The lowest BCUT2D eigenvalue weighted by Gasteiger charge is -2.29. The molecule has 1 atom stereocenters. The molecule has 2 amide bonds. The Balaban J connectivity index is 2.00. The van der Waals surface area contributed by atoms with E-state index in [-0.39, 0.29) is 17.9 Å². The van der Waals surface area contributed by atoms with Crippen molar-refractivity contribution >= 4 is 11.8 Å². The predicted octanol–water partition coefficient (Wildman–Crippen LogP) is 4.85. The van der Waals surface area contributed by atoms with Crippen LogP contribution in [0.1, 0.15) is 65.4 Å². The number of carbonyl (C=O) groups excluding carboxylic acids is 2. The fourth-order valence-corrected chi connectivity index (χ4v) is 3.49. The van der Waals surface area contributed by atoms with Crippen LogP contribution in [0.4, 0.5) is 0 Å². The molecular weight excluding hydrogens is 298 g/mol. The number of carbonyl (C=O) groups is 2. The van der Waals surface area contributed by atoms with E-state index in [0.29, 0.717) is 17.0 Å². The van der Waals surface area contributed by atoms with Crippen molar-refractivity contribution in [2.45, 2.75) is 39.2 Å². The fraction of sp³-hybridized carbons (Fsp3) is 0.333. The number of amides is 2. The molecule has 0 fully saturated rings. The second kappa shape index (κ2) is 7.00. The third kappa shape index (κ3) is 2.86. The second-order valence-electron chi connectivity index (χ2n) is 6.37. The smallest absolute Gasteiger partial charge is 0.262 e. The van der Waals surface area contributed by atoms with Crippen molar-refractivity contribution in [3.63, 3.8) is 0 Å². The molecule has 24 heavy (non-hydrogen) atoms. The van der Waals surface area contributed by atoms with Gasteiger partial charge in [-0.05, 0) is 30.0 Å². The molecule has 1 aliphatic rings. The first-order valence-electron chi connectivity index (χ1n) is 8.69. The maximum atomic E-state index is 12.9. The summed E-state index contributed by atoms with van der Waals surface area (Å²) >= 11 is 0. The maximum absolute atomic E-state index is 12.9. The third-order valence-corrected chi connectivity index (χ3v) is 5.03. The van der Waals surface area contributed by atoms with Gasteiger partial charge in [-0.3, -0.25) is 14.5 Å². The van der Waals surface area contributed by atoms with Gasteiger partial charge in [0.15, 0.2) is 0 Å². The number of benzene rings is 2. The maximum Gasteiger partial charge on any atom is 0.262 e. The van der Waals surface area contributed by atoms with Gasteiger partial charge in [0.25, 0.3) is 11.8 Å². The first-order chi connectivity index (χ1) is 11.7. The Hall–Kier alpha value is -2.42. The molecule has 3 nitrogen and oxygen atoms in total. The quantitative estimate of drug-likeness (QED) is 0.713. The number of fused-ring (bicyclic) bond motifs is 1. The summed E-state index contributed by atoms with van der Waals surface area (Å²) in [6, 6.07) is 16.8. The molecule has 2 aromatic rings. The Labute approximate surface area is 143 Å². The zero-order chi connectivity index (χ0) is 17.1. The highest BCUT2D eigenvalue weighted by atomic mass is 16.2. The van der Waals surface area contributed by atoms with Crippen molar-refractivity contribution in [1.29, 1.82) is 0 Å². The lowest BCUT2D eigenvalue weighted by Crippen LogP contribution is -2.35. The van der Waals surface area contributed by atoms with E-state index in [1.54, 1.807) is 12.1 Å². The molecule has 0 saturated heterocycles. The van der Waals surface area contributed by atoms with Crippen molar-refractivity contribution in [1.82, 2.24) is 4.90 Å². The standard InChI is InChI=1S/C21H23NO2/c1-3-15(4-2)14-19(16-10-6-5-7-11-16)22-20(23)17-12-8-9-13-18(17)21(22)24/h5-13,15,19H,3-4,14H2,1-2H3. The number of hydrogen-bond acceptors (Lipinski definition) is 2. The van der Waals surface area contributed by atoms with Crippen molar-refractivity contribution < 1.29 is 9.59 Å². The van der Waals surface area contributed by atoms with Crippen LogP contribution in [0.15, 0.2) is 54.6 Å². The minimum atomic E-state index is -0.205. The van der Waals surface area contributed by atoms with Gasteiger partial charge in [0, 0.05) is 0 Å². The molecule has 2 aromatic carbocycles. The van der Waals surface area contributed by atoms with E-state index in [1.807, 2.05) is 42.5 Å². The third-order valence-electron chi connectivity index (χ3n) is 5.03. The van der Waals surface area contributed by atoms with E-state index in [0.717, 1.165) is 24.8 Å². The summed E-state index contributed by atoms with van der Waals surface area (Å²) in [7, 11) is 0. The normalized spacial score (nSPS) is 15.0.